The third-order valence-electron chi connectivity index (χ3n) is 3.84. The molecule has 124 valence electrons. The topological polar surface area (TPSA) is 84.0 Å². The van der Waals surface area contributed by atoms with Crippen LogP contribution in [0, 0.1) is 0 Å². The number of thiazole rings is 1. The Labute approximate surface area is 139 Å². The van der Waals surface area contributed by atoms with Gasteiger partial charge in [0.05, 0.1) is 24.4 Å². The van der Waals surface area contributed by atoms with Crippen molar-refractivity contribution in [2.75, 3.05) is 19.7 Å². The lowest BCUT2D eigenvalue weighted by molar-refractivity contribution is -0.139. The molecule has 7 nitrogen and oxygen atoms in total. The van der Waals surface area contributed by atoms with Crippen LogP contribution >= 0.6 is 11.3 Å². The maximum Gasteiger partial charge on any atom is 0.223 e. The number of morpholine rings is 1. The predicted octanol–water partition coefficient (Wildman–Crippen LogP) is 1.92. The summed E-state index contributed by atoms with van der Waals surface area (Å²) in [5.41, 5.74) is 2.77. The lowest BCUT2D eigenvalue weighted by Crippen LogP contribution is -2.42. The van der Waals surface area contributed by atoms with Crippen molar-refractivity contribution >= 4 is 17.2 Å². The van der Waals surface area contributed by atoms with Crippen LogP contribution in [0.15, 0.2) is 10.9 Å². The lowest BCUT2D eigenvalue weighted by Gasteiger charge is -2.31. The molecule has 0 bridgehead atoms. The van der Waals surface area contributed by atoms with Crippen LogP contribution in [-0.4, -0.2) is 50.7 Å². The third-order valence-corrected chi connectivity index (χ3v) is 4.47. The van der Waals surface area contributed by atoms with E-state index in [9.17, 15) is 4.79 Å². The Bertz CT molecular complexity index is 640. The fourth-order valence-corrected chi connectivity index (χ4v) is 3.08. The number of aryl methyl sites for hydroxylation is 1. The molecule has 2 aromatic heterocycles. The molecule has 1 aliphatic heterocycles. The highest BCUT2D eigenvalue weighted by molar-refractivity contribution is 7.07. The molecule has 1 fully saturated rings. The van der Waals surface area contributed by atoms with Gasteiger partial charge in [0.15, 0.2) is 11.6 Å². The maximum absolute atomic E-state index is 12.4. The van der Waals surface area contributed by atoms with Gasteiger partial charge >= 0.3 is 0 Å². The Hall–Kier alpha value is -1.80. The first-order chi connectivity index (χ1) is 11.1. The minimum atomic E-state index is -0.230. The predicted molar refractivity (Wildman–Crippen MR) is 86.2 cm³/mol. The number of rotatable bonds is 5. The first kappa shape index (κ1) is 16.1. The molecule has 1 amide bonds. The van der Waals surface area contributed by atoms with Crippen molar-refractivity contribution in [2.24, 2.45) is 0 Å². The Balaban J connectivity index is 1.57. The molecule has 0 saturated carbocycles. The van der Waals surface area contributed by atoms with Gasteiger partial charge < -0.3 is 9.64 Å². The minimum Gasteiger partial charge on any atom is -0.367 e. The number of aromatic nitrogens is 4. The van der Waals surface area contributed by atoms with Crippen molar-refractivity contribution in [3.8, 4) is 0 Å². The van der Waals surface area contributed by atoms with Crippen LogP contribution in [0.25, 0.3) is 0 Å². The Morgan fingerprint density at radius 3 is 3.13 bits per heavy atom. The quantitative estimate of drug-likeness (QED) is 0.902. The number of nitrogens with one attached hydrogen (secondary N) is 1. The second-order valence-corrected chi connectivity index (χ2v) is 6.63. The molecule has 1 saturated heterocycles. The first-order valence-corrected chi connectivity index (χ1v) is 8.76. The van der Waals surface area contributed by atoms with Gasteiger partial charge in [-0.1, -0.05) is 13.8 Å². The monoisotopic (exact) mass is 335 g/mol. The molecule has 3 heterocycles. The highest BCUT2D eigenvalue weighted by atomic mass is 32.1. The van der Waals surface area contributed by atoms with E-state index in [0.717, 1.165) is 11.5 Å². The smallest absolute Gasteiger partial charge is 0.223 e. The normalized spacial score (nSPS) is 18.6. The van der Waals surface area contributed by atoms with Crippen molar-refractivity contribution in [1.29, 1.82) is 0 Å². The summed E-state index contributed by atoms with van der Waals surface area (Å²) >= 11 is 1.55. The average Bonchev–Trinajstić information content (AvgIpc) is 3.24. The molecule has 2 aromatic rings. The van der Waals surface area contributed by atoms with Crippen molar-refractivity contribution < 1.29 is 9.53 Å². The van der Waals surface area contributed by atoms with Crippen LogP contribution in [0.3, 0.4) is 0 Å². The SMILES string of the molecule is CC(C)c1n[nH]c([C@@H]2CN(C(=O)CCc3cscn3)CCO2)n1. The molecular formula is C15H21N5O2S. The standard InChI is InChI=1S/C15H21N5O2S/c1-10(2)14-17-15(19-18-14)12-7-20(5-6-22-12)13(21)4-3-11-8-23-9-16-11/h8-10,12H,3-7H2,1-2H3,(H,17,18,19)/t12-/m0/s1. The molecule has 0 aliphatic carbocycles. The molecule has 0 aromatic carbocycles. The summed E-state index contributed by atoms with van der Waals surface area (Å²) in [6.07, 6.45) is 0.931. The van der Waals surface area contributed by atoms with Gasteiger partial charge in [0, 0.05) is 24.3 Å². The first-order valence-electron chi connectivity index (χ1n) is 7.82. The molecule has 23 heavy (non-hydrogen) atoms. The number of carbonyl (C=O) groups excluding carboxylic acids is 1. The summed E-state index contributed by atoms with van der Waals surface area (Å²) in [6, 6.07) is 0. The number of ether oxygens (including phenoxy) is 1. The van der Waals surface area contributed by atoms with Gasteiger partial charge in [-0.3, -0.25) is 9.89 Å². The summed E-state index contributed by atoms with van der Waals surface area (Å²) in [5.74, 6) is 1.87. The molecule has 1 atom stereocenters. The average molecular weight is 335 g/mol. The van der Waals surface area contributed by atoms with Gasteiger partial charge in [-0.2, -0.15) is 5.10 Å². The zero-order valence-corrected chi connectivity index (χ0v) is 14.2. The maximum atomic E-state index is 12.4. The Kier molecular flexibility index (Phi) is 5.02. The molecule has 8 heteroatoms. The number of nitrogens with zero attached hydrogens (tertiary/aromatic N) is 4. The van der Waals surface area contributed by atoms with Crippen molar-refractivity contribution in [3.63, 3.8) is 0 Å². The Morgan fingerprint density at radius 2 is 2.43 bits per heavy atom. The van der Waals surface area contributed by atoms with Gasteiger partial charge in [0.2, 0.25) is 5.91 Å². The summed E-state index contributed by atoms with van der Waals surface area (Å²) in [5, 5.41) is 9.13. The van der Waals surface area contributed by atoms with E-state index in [2.05, 4.69) is 20.2 Å². The highest BCUT2D eigenvalue weighted by Gasteiger charge is 2.27. The summed E-state index contributed by atoms with van der Waals surface area (Å²) in [7, 11) is 0. The largest absolute Gasteiger partial charge is 0.367 e. The van der Waals surface area contributed by atoms with Crippen LogP contribution in [-0.2, 0) is 16.0 Å². The molecule has 0 spiro atoms. The lowest BCUT2D eigenvalue weighted by atomic mass is 10.2. The molecule has 3 rings (SSSR count). The summed E-state index contributed by atoms with van der Waals surface area (Å²) in [4.78, 5) is 22.9. The zero-order chi connectivity index (χ0) is 16.2. The van der Waals surface area contributed by atoms with E-state index in [4.69, 9.17) is 4.74 Å². The minimum absolute atomic E-state index is 0.134. The van der Waals surface area contributed by atoms with Gasteiger partial charge in [0.1, 0.15) is 6.10 Å². The van der Waals surface area contributed by atoms with E-state index in [1.54, 1.807) is 16.8 Å². The zero-order valence-electron chi connectivity index (χ0n) is 13.4. The van der Waals surface area contributed by atoms with Crippen LogP contribution in [0.2, 0.25) is 0 Å². The molecule has 0 unspecified atom stereocenters. The third kappa shape index (κ3) is 3.94. The number of carbonyl (C=O) groups is 1. The second kappa shape index (κ2) is 7.18. The summed E-state index contributed by atoms with van der Waals surface area (Å²) < 4.78 is 5.75. The van der Waals surface area contributed by atoms with E-state index < -0.39 is 0 Å². The van der Waals surface area contributed by atoms with Gasteiger partial charge in [-0.25, -0.2) is 9.97 Å². The number of amides is 1. The number of aromatic amines is 1. The Morgan fingerprint density at radius 1 is 1.57 bits per heavy atom. The number of hydrogen-bond acceptors (Lipinski definition) is 6. The van der Waals surface area contributed by atoms with Gasteiger partial charge in [0.25, 0.3) is 0 Å². The fraction of sp³-hybridized carbons (Fsp3) is 0.600. The van der Waals surface area contributed by atoms with Crippen molar-refractivity contribution in [1.82, 2.24) is 25.1 Å². The van der Waals surface area contributed by atoms with Crippen molar-refractivity contribution in [3.05, 3.63) is 28.2 Å². The van der Waals surface area contributed by atoms with Crippen molar-refractivity contribution in [2.45, 2.75) is 38.7 Å². The van der Waals surface area contributed by atoms with E-state index in [-0.39, 0.29) is 17.9 Å². The van der Waals surface area contributed by atoms with Crippen LogP contribution in [0.4, 0.5) is 0 Å². The number of H-pyrrole nitrogens is 1. The van der Waals surface area contributed by atoms with Gasteiger partial charge in [-0.15, -0.1) is 11.3 Å². The molecule has 1 N–H and O–H groups in total. The highest BCUT2D eigenvalue weighted by Crippen LogP contribution is 2.21. The van der Waals surface area contributed by atoms with E-state index in [0.29, 0.717) is 38.4 Å². The molecular weight excluding hydrogens is 314 g/mol. The van der Waals surface area contributed by atoms with E-state index in [1.165, 1.54) is 0 Å². The summed E-state index contributed by atoms with van der Waals surface area (Å²) in [6.45, 7) is 5.75. The van der Waals surface area contributed by atoms with Crippen LogP contribution in [0.1, 0.15) is 49.6 Å². The number of hydrogen-bond donors (Lipinski definition) is 1. The van der Waals surface area contributed by atoms with E-state index in [1.807, 2.05) is 24.1 Å². The fourth-order valence-electron chi connectivity index (χ4n) is 2.49. The van der Waals surface area contributed by atoms with Crippen LogP contribution < -0.4 is 0 Å². The second-order valence-electron chi connectivity index (χ2n) is 5.91. The molecule has 1 aliphatic rings. The van der Waals surface area contributed by atoms with E-state index >= 15 is 0 Å². The molecule has 0 radical (unpaired) electrons. The van der Waals surface area contributed by atoms with Gasteiger partial charge in [-0.05, 0) is 6.42 Å². The van der Waals surface area contributed by atoms with Crippen LogP contribution in [0.5, 0.6) is 0 Å².